The Labute approximate surface area is 334 Å². The number of aliphatic carboxylic acids is 2. The molecule has 0 bridgehead atoms. The SMILES string of the molecule is CCCCCC(CC)OC(=O)C(CC(=O)[O-])S(=O)(=O)O.CCCCCC(CC)OC(=O)C(CC(=O)[O-])S(=O)(=O)O.[K+].[K+]. The van der Waals surface area contributed by atoms with E-state index < -0.39 is 79.7 Å². The molecule has 0 heterocycles. The van der Waals surface area contributed by atoms with Gasteiger partial charge in [-0.15, -0.1) is 0 Å². The average Bonchev–Trinajstić information content (AvgIpc) is 2.83. The summed E-state index contributed by atoms with van der Waals surface area (Å²) >= 11 is 0. The monoisotopic (exact) mass is 696 g/mol. The summed E-state index contributed by atoms with van der Waals surface area (Å²) in [5, 5.41) is 16.6. The van der Waals surface area contributed by atoms with E-state index in [-0.39, 0.29) is 103 Å². The molecule has 0 amide bonds. The van der Waals surface area contributed by atoms with Crippen molar-refractivity contribution in [3.63, 3.8) is 0 Å². The van der Waals surface area contributed by atoms with Crippen molar-refractivity contribution in [3.8, 4) is 0 Å². The van der Waals surface area contributed by atoms with E-state index >= 15 is 0 Å². The first-order valence-electron chi connectivity index (χ1n) is 13.2. The Kier molecular flexibility index (Phi) is 32.2. The fourth-order valence-corrected chi connectivity index (χ4v) is 4.63. The Bertz CT molecular complexity index is 923. The van der Waals surface area contributed by atoms with E-state index in [1.165, 1.54) is 0 Å². The molecule has 4 unspecified atom stereocenters. The van der Waals surface area contributed by atoms with Crippen molar-refractivity contribution in [1.29, 1.82) is 0 Å². The Balaban J connectivity index is -0.000000328. The van der Waals surface area contributed by atoms with Crippen LogP contribution in [-0.4, -0.2) is 72.5 Å². The molecular formula is C24H42K2O14S2. The molecule has 0 saturated heterocycles. The minimum Gasteiger partial charge on any atom is -0.550 e. The minimum atomic E-state index is -4.83. The second kappa shape index (κ2) is 27.1. The average molecular weight is 697 g/mol. The summed E-state index contributed by atoms with van der Waals surface area (Å²) in [5.74, 6) is -5.99. The van der Waals surface area contributed by atoms with Gasteiger partial charge in [-0.2, -0.15) is 16.8 Å². The van der Waals surface area contributed by atoms with Crippen LogP contribution in [0.3, 0.4) is 0 Å². The van der Waals surface area contributed by atoms with Crippen LogP contribution in [0, 0.1) is 0 Å². The second-order valence-electron chi connectivity index (χ2n) is 9.09. The molecule has 0 spiro atoms. The summed E-state index contributed by atoms with van der Waals surface area (Å²) in [4.78, 5) is 44.2. The van der Waals surface area contributed by atoms with E-state index in [0.717, 1.165) is 38.5 Å². The van der Waals surface area contributed by atoms with Crippen molar-refractivity contribution in [1.82, 2.24) is 0 Å². The van der Waals surface area contributed by atoms with Gasteiger partial charge >= 0.3 is 115 Å². The molecule has 18 heteroatoms. The zero-order chi connectivity index (χ0) is 31.5. The van der Waals surface area contributed by atoms with Gasteiger partial charge in [-0.1, -0.05) is 53.4 Å². The molecular weight excluding hydrogens is 655 g/mol. The number of rotatable bonds is 20. The first-order chi connectivity index (χ1) is 18.4. The Morgan fingerprint density at radius 3 is 1.10 bits per heavy atom. The number of carbonyl (C=O) groups excluding carboxylic acids is 4. The maximum Gasteiger partial charge on any atom is 1.00 e. The Morgan fingerprint density at radius 1 is 0.619 bits per heavy atom. The van der Waals surface area contributed by atoms with Gasteiger partial charge in [0, 0.05) is 24.8 Å². The number of carboxylic acid groups (broad SMARTS) is 2. The molecule has 0 aromatic heterocycles. The third-order valence-corrected chi connectivity index (χ3v) is 7.84. The summed E-state index contributed by atoms with van der Waals surface area (Å²) < 4.78 is 71.7. The zero-order valence-electron chi connectivity index (χ0n) is 25.4. The number of esters is 2. The smallest absolute Gasteiger partial charge is 0.550 e. The molecule has 4 atom stereocenters. The number of ether oxygens (including phenoxy) is 2. The molecule has 0 rings (SSSR count). The second-order valence-corrected chi connectivity index (χ2v) is 12.3. The molecule has 0 aromatic carbocycles. The van der Waals surface area contributed by atoms with E-state index in [1.807, 2.05) is 13.8 Å². The van der Waals surface area contributed by atoms with Crippen LogP contribution in [0.4, 0.5) is 0 Å². The zero-order valence-corrected chi connectivity index (χ0v) is 33.3. The predicted molar refractivity (Wildman–Crippen MR) is 139 cm³/mol. The van der Waals surface area contributed by atoms with E-state index in [0.29, 0.717) is 25.7 Å². The van der Waals surface area contributed by atoms with Crippen molar-refractivity contribution in [3.05, 3.63) is 0 Å². The molecule has 42 heavy (non-hydrogen) atoms. The number of carboxylic acids is 2. The van der Waals surface area contributed by atoms with Crippen LogP contribution in [0.2, 0.25) is 0 Å². The van der Waals surface area contributed by atoms with Crippen LogP contribution in [0.1, 0.15) is 105 Å². The predicted octanol–water partition coefficient (Wildman–Crippen LogP) is -5.42. The van der Waals surface area contributed by atoms with Crippen LogP contribution >= 0.6 is 0 Å². The molecule has 0 fully saturated rings. The maximum absolute atomic E-state index is 11.7. The molecule has 0 radical (unpaired) electrons. The van der Waals surface area contributed by atoms with Gasteiger partial charge in [0.25, 0.3) is 20.2 Å². The topological polar surface area (TPSA) is 242 Å². The van der Waals surface area contributed by atoms with Crippen molar-refractivity contribution in [2.45, 2.75) is 127 Å². The Hall–Kier alpha value is 0.973. The standard InChI is InChI=1S/2C12H22O7S.2K/c2*1-3-5-6-7-9(4-2)19-12(15)10(8-11(13)14)20(16,17)18;;/h2*9-10H,3-8H2,1-2H3,(H,13,14)(H,16,17,18);;/q;;2*+1/p-2. The summed E-state index contributed by atoms with van der Waals surface area (Å²) in [5.41, 5.74) is 0. The van der Waals surface area contributed by atoms with Gasteiger partial charge in [0.15, 0.2) is 10.5 Å². The van der Waals surface area contributed by atoms with Gasteiger partial charge in [0.1, 0.15) is 12.2 Å². The summed E-state index contributed by atoms with van der Waals surface area (Å²) in [6, 6.07) is 0. The number of unbranched alkanes of at least 4 members (excludes halogenated alkanes) is 4. The molecule has 236 valence electrons. The van der Waals surface area contributed by atoms with Crippen LogP contribution in [0.15, 0.2) is 0 Å². The van der Waals surface area contributed by atoms with Crippen molar-refractivity contribution < 1.29 is 168 Å². The van der Waals surface area contributed by atoms with E-state index in [4.69, 9.17) is 18.6 Å². The summed E-state index contributed by atoms with van der Waals surface area (Å²) in [6.07, 6.45) is 4.41. The maximum atomic E-state index is 11.7. The quantitative estimate of drug-likeness (QED) is 0.0523. The largest absolute Gasteiger partial charge is 1.00 e. The summed E-state index contributed by atoms with van der Waals surface area (Å²) in [7, 11) is -9.67. The van der Waals surface area contributed by atoms with Gasteiger partial charge < -0.3 is 29.3 Å². The van der Waals surface area contributed by atoms with Gasteiger partial charge in [0.2, 0.25) is 0 Å². The van der Waals surface area contributed by atoms with Gasteiger partial charge in [-0.3, -0.25) is 18.7 Å². The van der Waals surface area contributed by atoms with E-state index in [2.05, 4.69) is 0 Å². The first kappa shape index (κ1) is 49.8. The van der Waals surface area contributed by atoms with Gasteiger partial charge in [-0.05, 0) is 38.5 Å². The molecule has 0 aliphatic heterocycles. The summed E-state index contributed by atoms with van der Waals surface area (Å²) in [6.45, 7) is 7.57. The fraction of sp³-hybridized carbons (Fsp3) is 0.833. The van der Waals surface area contributed by atoms with E-state index in [9.17, 15) is 46.2 Å². The van der Waals surface area contributed by atoms with Crippen LogP contribution in [0.25, 0.3) is 0 Å². The minimum absolute atomic E-state index is 0. The third kappa shape index (κ3) is 25.2. The molecule has 0 aromatic rings. The third-order valence-electron chi connectivity index (χ3n) is 5.68. The molecule has 0 aliphatic rings. The Morgan fingerprint density at radius 2 is 0.905 bits per heavy atom. The normalized spacial score (nSPS) is 13.9. The van der Waals surface area contributed by atoms with Crippen molar-refractivity contribution in [2.24, 2.45) is 0 Å². The molecule has 0 aliphatic carbocycles. The molecule has 0 saturated carbocycles. The van der Waals surface area contributed by atoms with Crippen LogP contribution in [-0.2, 0) is 48.9 Å². The number of hydrogen-bond acceptors (Lipinski definition) is 12. The van der Waals surface area contributed by atoms with E-state index in [1.54, 1.807) is 13.8 Å². The fourth-order valence-electron chi connectivity index (χ4n) is 3.34. The number of hydrogen-bond donors (Lipinski definition) is 2. The molecule has 2 N–H and O–H groups in total. The number of carbonyl (C=O) groups is 4. The van der Waals surface area contributed by atoms with Gasteiger partial charge in [0.05, 0.1) is 0 Å². The van der Waals surface area contributed by atoms with Crippen LogP contribution < -0.4 is 113 Å². The van der Waals surface area contributed by atoms with Crippen LogP contribution in [0.5, 0.6) is 0 Å². The first-order valence-corrected chi connectivity index (χ1v) is 16.2. The molecule has 14 nitrogen and oxygen atoms in total. The van der Waals surface area contributed by atoms with Crippen molar-refractivity contribution in [2.75, 3.05) is 0 Å². The van der Waals surface area contributed by atoms with Crippen molar-refractivity contribution >= 4 is 44.1 Å². The van der Waals surface area contributed by atoms with Gasteiger partial charge in [-0.25, -0.2) is 0 Å².